The van der Waals surface area contributed by atoms with E-state index in [1.807, 2.05) is 0 Å². The average molecular weight is 377 g/mol. The van der Waals surface area contributed by atoms with Crippen LogP contribution in [0.1, 0.15) is 21.6 Å². The Balaban J connectivity index is 2.06. The molecule has 0 saturated heterocycles. The number of carboxylic acid groups (broad SMARTS) is 1. The molecule has 0 aliphatic rings. The first kappa shape index (κ1) is 18.9. The number of carboxylic acids is 1. The van der Waals surface area contributed by atoms with Gasteiger partial charge in [0.05, 0.1) is 16.8 Å². The third kappa shape index (κ3) is 4.11. The Bertz CT molecular complexity index is 1050. The summed E-state index contributed by atoms with van der Waals surface area (Å²) in [5.41, 5.74) is 3.92. The summed E-state index contributed by atoms with van der Waals surface area (Å²) in [5, 5.41) is 8.99. The number of hydrogen-bond acceptors (Lipinski definition) is 4. The van der Waals surface area contributed by atoms with E-state index in [4.69, 9.17) is 10.9 Å². The Morgan fingerprint density at radius 1 is 0.964 bits per heavy atom. The summed E-state index contributed by atoms with van der Waals surface area (Å²) in [4.78, 5) is 27.4. The van der Waals surface area contributed by atoms with Crippen molar-refractivity contribution in [2.45, 2.75) is 0 Å². The molecule has 0 aliphatic carbocycles. The van der Waals surface area contributed by atoms with Crippen LogP contribution in [0.3, 0.4) is 0 Å². The molecule has 0 saturated carbocycles. The minimum atomic E-state index is -1.04. The average Bonchev–Trinajstić information content (AvgIpc) is 2.73. The van der Waals surface area contributed by atoms with Crippen LogP contribution in [-0.4, -0.2) is 22.0 Å². The number of nitrogens with zero attached hydrogens (tertiary/aromatic N) is 1. The molecular formula is C21H16FN3O3. The van der Waals surface area contributed by atoms with Gasteiger partial charge in [-0.15, -0.1) is 0 Å². The van der Waals surface area contributed by atoms with Crippen molar-refractivity contribution >= 4 is 23.5 Å². The number of hydrogen-bond donors (Lipinski definition) is 3. The Morgan fingerprint density at radius 3 is 2.25 bits per heavy atom. The van der Waals surface area contributed by atoms with Gasteiger partial charge in [-0.3, -0.25) is 10.2 Å². The molecule has 2 aromatic carbocycles. The predicted octanol–water partition coefficient (Wildman–Crippen LogP) is 3.12. The van der Waals surface area contributed by atoms with Crippen LogP contribution in [0.25, 0.3) is 22.9 Å². The summed E-state index contributed by atoms with van der Waals surface area (Å²) in [5.74, 6) is 3.03. The van der Waals surface area contributed by atoms with Gasteiger partial charge >= 0.3 is 5.97 Å². The number of carbonyl (C=O) groups is 2. The first-order chi connectivity index (χ1) is 13.5. The van der Waals surface area contributed by atoms with Crippen molar-refractivity contribution in [1.29, 1.82) is 0 Å². The Hall–Kier alpha value is -3.84. The third-order valence-electron chi connectivity index (χ3n) is 4.04. The van der Waals surface area contributed by atoms with Crippen LogP contribution < -0.4 is 11.3 Å². The lowest BCUT2D eigenvalue weighted by Gasteiger charge is -2.08. The van der Waals surface area contributed by atoms with Crippen LogP contribution in [0.15, 0.2) is 66.7 Å². The highest BCUT2D eigenvalue weighted by Crippen LogP contribution is 2.23. The Labute approximate surface area is 160 Å². The van der Waals surface area contributed by atoms with Crippen LogP contribution in [0.2, 0.25) is 0 Å². The molecule has 28 heavy (non-hydrogen) atoms. The number of carbonyl (C=O) groups excluding carboxylic acids is 1. The lowest BCUT2D eigenvalue weighted by atomic mass is 10.0. The molecule has 4 N–H and O–H groups in total. The molecule has 0 radical (unpaired) electrons. The van der Waals surface area contributed by atoms with E-state index < -0.39 is 17.7 Å². The standard InChI is InChI=1S/C21H16FN3O3/c22-17-10-11-18(14-6-8-15(9-7-14)21(27)28)24-19(17)12-16(20(26)25-23)13-4-2-1-3-5-13/h1-12H,23H2,(H,25,26)(H,27,28)/b16-12-. The van der Waals surface area contributed by atoms with Gasteiger partial charge in [-0.2, -0.15) is 0 Å². The molecule has 0 bridgehead atoms. The minimum absolute atomic E-state index is 0.0396. The number of nitrogens with two attached hydrogens (primary N) is 1. The second-order valence-corrected chi connectivity index (χ2v) is 5.84. The number of hydrazine groups is 1. The van der Waals surface area contributed by atoms with E-state index in [2.05, 4.69) is 10.4 Å². The quantitative estimate of drug-likeness (QED) is 0.274. The number of amides is 1. The number of rotatable bonds is 5. The second kappa shape index (κ2) is 8.24. The van der Waals surface area contributed by atoms with E-state index in [9.17, 15) is 14.0 Å². The van der Waals surface area contributed by atoms with Crippen molar-refractivity contribution in [2.75, 3.05) is 0 Å². The second-order valence-electron chi connectivity index (χ2n) is 5.84. The fourth-order valence-corrected chi connectivity index (χ4v) is 2.62. The zero-order chi connectivity index (χ0) is 20.1. The molecule has 0 unspecified atom stereocenters. The van der Waals surface area contributed by atoms with Crippen LogP contribution in [0.4, 0.5) is 4.39 Å². The molecule has 0 aliphatic heterocycles. The number of nitrogens with one attached hydrogen (secondary N) is 1. The first-order valence-electron chi connectivity index (χ1n) is 8.28. The number of halogens is 1. The van der Waals surface area contributed by atoms with E-state index >= 15 is 0 Å². The van der Waals surface area contributed by atoms with Crippen molar-refractivity contribution < 1.29 is 19.1 Å². The van der Waals surface area contributed by atoms with Gasteiger partial charge in [0.1, 0.15) is 11.5 Å². The maximum Gasteiger partial charge on any atom is 0.335 e. The number of pyridine rings is 1. The van der Waals surface area contributed by atoms with Gasteiger partial charge in [0.2, 0.25) is 0 Å². The SMILES string of the molecule is NNC(=O)/C(=C\c1nc(-c2ccc(C(=O)O)cc2)ccc1F)c1ccccc1. The van der Waals surface area contributed by atoms with E-state index in [1.165, 1.54) is 30.3 Å². The van der Waals surface area contributed by atoms with Crippen molar-refractivity contribution in [1.82, 2.24) is 10.4 Å². The number of aromatic nitrogens is 1. The van der Waals surface area contributed by atoms with E-state index in [0.717, 1.165) is 0 Å². The topological polar surface area (TPSA) is 105 Å². The van der Waals surface area contributed by atoms with E-state index in [-0.39, 0.29) is 16.8 Å². The molecular weight excluding hydrogens is 361 g/mol. The molecule has 1 heterocycles. The molecule has 1 amide bonds. The van der Waals surface area contributed by atoms with Crippen molar-refractivity contribution in [3.8, 4) is 11.3 Å². The number of benzene rings is 2. The molecule has 0 fully saturated rings. The highest BCUT2D eigenvalue weighted by molar-refractivity contribution is 6.23. The van der Waals surface area contributed by atoms with Gasteiger partial charge in [0.15, 0.2) is 0 Å². The van der Waals surface area contributed by atoms with E-state index in [0.29, 0.717) is 16.8 Å². The van der Waals surface area contributed by atoms with Crippen LogP contribution in [0.5, 0.6) is 0 Å². The maximum atomic E-state index is 14.4. The molecule has 140 valence electrons. The largest absolute Gasteiger partial charge is 0.478 e. The molecule has 0 spiro atoms. The normalized spacial score (nSPS) is 11.1. The van der Waals surface area contributed by atoms with Gasteiger partial charge in [-0.25, -0.2) is 20.0 Å². The van der Waals surface area contributed by atoms with Gasteiger partial charge in [0, 0.05) is 5.56 Å². The van der Waals surface area contributed by atoms with E-state index in [1.54, 1.807) is 42.5 Å². The highest BCUT2D eigenvalue weighted by Gasteiger charge is 2.14. The fourth-order valence-electron chi connectivity index (χ4n) is 2.62. The lowest BCUT2D eigenvalue weighted by Crippen LogP contribution is -2.30. The molecule has 7 heteroatoms. The summed E-state index contributed by atoms with van der Waals surface area (Å²) >= 11 is 0. The minimum Gasteiger partial charge on any atom is -0.478 e. The van der Waals surface area contributed by atoms with Crippen LogP contribution in [0, 0.1) is 5.82 Å². The molecule has 1 aromatic heterocycles. The zero-order valence-electron chi connectivity index (χ0n) is 14.6. The van der Waals surface area contributed by atoms with Gasteiger partial charge in [0.25, 0.3) is 5.91 Å². The van der Waals surface area contributed by atoms with Gasteiger partial charge < -0.3 is 5.11 Å². The zero-order valence-corrected chi connectivity index (χ0v) is 14.6. The Kier molecular flexibility index (Phi) is 5.57. The monoisotopic (exact) mass is 377 g/mol. The lowest BCUT2D eigenvalue weighted by molar-refractivity contribution is -0.115. The molecule has 3 rings (SSSR count). The smallest absolute Gasteiger partial charge is 0.335 e. The third-order valence-corrected chi connectivity index (χ3v) is 4.04. The van der Waals surface area contributed by atoms with Crippen molar-refractivity contribution in [3.63, 3.8) is 0 Å². The summed E-state index contributed by atoms with van der Waals surface area (Å²) in [6.45, 7) is 0. The molecule has 6 nitrogen and oxygen atoms in total. The summed E-state index contributed by atoms with van der Waals surface area (Å²) in [7, 11) is 0. The number of aromatic carboxylic acids is 1. The Morgan fingerprint density at radius 2 is 1.64 bits per heavy atom. The highest BCUT2D eigenvalue weighted by atomic mass is 19.1. The predicted molar refractivity (Wildman–Crippen MR) is 103 cm³/mol. The van der Waals surface area contributed by atoms with Crippen molar-refractivity contribution in [2.24, 2.45) is 5.84 Å². The summed E-state index contributed by atoms with van der Waals surface area (Å²) in [6, 6.07) is 17.5. The van der Waals surface area contributed by atoms with Crippen LogP contribution >= 0.6 is 0 Å². The fraction of sp³-hybridized carbons (Fsp3) is 0. The van der Waals surface area contributed by atoms with Crippen LogP contribution in [-0.2, 0) is 4.79 Å². The van der Waals surface area contributed by atoms with Crippen molar-refractivity contribution in [3.05, 3.63) is 89.4 Å². The van der Waals surface area contributed by atoms with Gasteiger partial charge in [-0.1, -0.05) is 42.5 Å². The maximum absolute atomic E-state index is 14.4. The molecule has 3 aromatic rings. The summed E-state index contributed by atoms with van der Waals surface area (Å²) in [6.07, 6.45) is 1.32. The van der Waals surface area contributed by atoms with Gasteiger partial charge in [-0.05, 0) is 35.9 Å². The summed E-state index contributed by atoms with van der Waals surface area (Å²) < 4.78 is 14.4. The molecule has 0 atom stereocenters. The first-order valence-corrected chi connectivity index (χ1v) is 8.28.